The van der Waals surface area contributed by atoms with Crippen molar-refractivity contribution in [2.45, 2.75) is 6.18 Å². The van der Waals surface area contributed by atoms with Crippen LogP contribution in [-0.4, -0.2) is 10.9 Å². The summed E-state index contributed by atoms with van der Waals surface area (Å²) in [6, 6.07) is 6.18. The summed E-state index contributed by atoms with van der Waals surface area (Å²) in [5.74, 6) is -0.528. The monoisotopic (exact) mass is 315 g/mol. The van der Waals surface area contributed by atoms with Crippen molar-refractivity contribution in [1.29, 1.82) is 0 Å². The summed E-state index contributed by atoms with van der Waals surface area (Å²) >= 11 is 5.73. The van der Waals surface area contributed by atoms with Crippen LogP contribution in [0, 0.1) is 0 Å². The molecule has 1 aromatic carbocycles. The molecule has 0 saturated carbocycles. The van der Waals surface area contributed by atoms with Crippen molar-refractivity contribution in [1.82, 2.24) is 4.98 Å². The zero-order valence-corrected chi connectivity index (χ0v) is 11.2. The van der Waals surface area contributed by atoms with Gasteiger partial charge in [-0.2, -0.15) is 13.2 Å². The molecule has 1 aromatic heterocycles. The molecule has 21 heavy (non-hydrogen) atoms. The van der Waals surface area contributed by atoms with E-state index in [-0.39, 0.29) is 16.9 Å². The molecule has 0 radical (unpaired) electrons. The number of hydrogen-bond donors (Lipinski definition) is 2. The SMILES string of the molecule is Nc1cc(C(=O)Nc2ccc(C(F)(F)F)nc2)ccc1Cl. The van der Waals surface area contributed by atoms with Crippen molar-refractivity contribution in [2.24, 2.45) is 0 Å². The summed E-state index contributed by atoms with van der Waals surface area (Å²) in [6.07, 6.45) is -3.59. The van der Waals surface area contributed by atoms with E-state index in [9.17, 15) is 18.0 Å². The number of pyridine rings is 1. The van der Waals surface area contributed by atoms with Crippen LogP contribution in [-0.2, 0) is 6.18 Å². The molecule has 1 heterocycles. The number of alkyl halides is 3. The summed E-state index contributed by atoms with van der Waals surface area (Å²) in [6.45, 7) is 0. The van der Waals surface area contributed by atoms with E-state index in [4.69, 9.17) is 17.3 Å². The number of rotatable bonds is 2. The molecule has 0 aliphatic rings. The van der Waals surface area contributed by atoms with Crippen molar-refractivity contribution >= 4 is 28.9 Å². The number of anilines is 2. The predicted molar refractivity (Wildman–Crippen MR) is 73.1 cm³/mol. The third-order valence-electron chi connectivity index (χ3n) is 2.57. The first kappa shape index (κ1) is 15.1. The number of amides is 1. The molecule has 0 bridgehead atoms. The first-order valence-corrected chi connectivity index (χ1v) is 6.05. The Morgan fingerprint density at radius 2 is 1.95 bits per heavy atom. The smallest absolute Gasteiger partial charge is 0.398 e. The molecule has 0 aliphatic carbocycles. The quantitative estimate of drug-likeness (QED) is 0.832. The van der Waals surface area contributed by atoms with Gasteiger partial charge >= 0.3 is 6.18 Å². The summed E-state index contributed by atoms with van der Waals surface area (Å²) in [4.78, 5) is 15.1. The summed E-state index contributed by atoms with van der Waals surface area (Å²) < 4.78 is 37.1. The van der Waals surface area contributed by atoms with Crippen LogP contribution in [0.15, 0.2) is 36.5 Å². The van der Waals surface area contributed by atoms with E-state index in [1.165, 1.54) is 18.2 Å². The highest BCUT2D eigenvalue weighted by atomic mass is 35.5. The first-order chi connectivity index (χ1) is 9.77. The minimum atomic E-state index is -4.52. The Morgan fingerprint density at radius 3 is 2.48 bits per heavy atom. The van der Waals surface area contributed by atoms with E-state index in [1.807, 2.05) is 0 Å². The second-order valence-corrected chi connectivity index (χ2v) is 4.53. The van der Waals surface area contributed by atoms with Crippen LogP contribution in [0.25, 0.3) is 0 Å². The summed E-state index contributed by atoms with van der Waals surface area (Å²) in [5.41, 5.74) is 5.14. The van der Waals surface area contributed by atoms with Gasteiger partial charge in [-0.1, -0.05) is 11.6 Å². The number of carbonyl (C=O) groups is 1. The second-order valence-electron chi connectivity index (χ2n) is 4.12. The lowest BCUT2D eigenvalue weighted by molar-refractivity contribution is -0.141. The molecule has 2 rings (SSSR count). The number of nitrogens with zero attached hydrogens (tertiary/aromatic N) is 1. The van der Waals surface area contributed by atoms with Crippen LogP contribution < -0.4 is 11.1 Å². The number of hydrogen-bond acceptors (Lipinski definition) is 3. The van der Waals surface area contributed by atoms with Crippen molar-refractivity contribution < 1.29 is 18.0 Å². The number of nitrogen functional groups attached to an aromatic ring is 1. The van der Waals surface area contributed by atoms with Crippen LogP contribution in [0.5, 0.6) is 0 Å². The molecule has 110 valence electrons. The lowest BCUT2D eigenvalue weighted by Gasteiger charge is -2.08. The van der Waals surface area contributed by atoms with Crippen LogP contribution in [0.4, 0.5) is 24.5 Å². The largest absolute Gasteiger partial charge is 0.433 e. The van der Waals surface area contributed by atoms with Crippen molar-refractivity contribution in [3.8, 4) is 0 Å². The van der Waals surface area contributed by atoms with Crippen molar-refractivity contribution in [2.75, 3.05) is 11.1 Å². The lowest BCUT2D eigenvalue weighted by Crippen LogP contribution is -2.13. The molecule has 0 aliphatic heterocycles. The number of nitrogens with one attached hydrogen (secondary N) is 1. The maximum absolute atomic E-state index is 12.4. The highest BCUT2D eigenvalue weighted by molar-refractivity contribution is 6.33. The van der Waals surface area contributed by atoms with Gasteiger partial charge in [-0.3, -0.25) is 4.79 Å². The molecule has 0 unspecified atom stereocenters. The van der Waals surface area contributed by atoms with Crippen LogP contribution in [0.3, 0.4) is 0 Å². The van der Waals surface area contributed by atoms with Gasteiger partial charge in [0, 0.05) is 5.56 Å². The molecule has 8 heteroatoms. The van der Waals surface area contributed by atoms with Crippen LogP contribution in [0.1, 0.15) is 16.1 Å². The van der Waals surface area contributed by atoms with E-state index in [0.29, 0.717) is 5.02 Å². The number of aromatic nitrogens is 1. The zero-order valence-electron chi connectivity index (χ0n) is 10.4. The molecule has 1 amide bonds. The molecule has 2 aromatic rings. The lowest BCUT2D eigenvalue weighted by atomic mass is 10.2. The highest BCUT2D eigenvalue weighted by Crippen LogP contribution is 2.28. The highest BCUT2D eigenvalue weighted by Gasteiger charge is 2.32. The van der Waals surface area contributed by atoms with Gasteiger partial charge in [0.25, 0.3) is 5.91 Å². The van der Waals surface area contributed by atoms with Gasteiger partial charge in [0.15, 0.2) is 0 Å². The van der Waals surface area contributed by atoms with Crippen molar-refractivity contribution in [3.05, 3.63) is 52.8 Å². The van der Waals surface area contributed by atoms with E-state index < -0.39 is 17.8 Å². The Bertz CT molecular complexity index is 671. The van der Waals surface area contributed by atoms with E-state index in [0.717, 1.165) is 18.3 Å². The number of benzene rings is 1. The number of halogens is 4. The molecule has 4 nitrogen and oxygen atoms in total. The maximum atomic E-state index is 12.4. The Morgan fingerprint density at radius 1 is 1.24 bits per heavy atom. The number of carbonyl (C=O) groups excluding carboxylic acids is 1. The van der Waals surface area contributed by atoms with Gasteiger partial charge in [-0.05, 0) is 30.3 Å². The minimum Gasteiger partial charge on any atom is -0.398 e. The average Bonchev–Trinajstić information content (AvgIpc) is 2.41. The fourth-order valence-electron chi connectivity index (χ4n) is 1.52. The molecular formula is C13H9ClF3N3O. The Balaban J connectivity index is 2.14. The minimum absolute atomic E-state index is 0.140. The molecule has 0 spiro atoms. The van der Waals surface area contributed by atoms with Gasteiger partial charge in [0.05, 0.1) is 22.6 Å². The van der Waals surface area contributed by atoms with E-state index in [1.54, 1.807) is 0 Å². The molecule has 3 N–H and O–H groups in total. The van der Waals surface area contributed by atoms with Gasteiger partial charge in [0.1, 0.15) is 5.69 Å². The predicted octanol–water partition coefficient (Wildman–Crippen LogP) is 3.59. The normalized spacial score (nSPS) is 11.2. The average molecular weight is 316 g/mol. The van der Waals surface area contributed by atoms with Gasteiger partial charge in [0.2, 0.25) is 0 Å². The standard InChI is InChI=1S/C13H9ClF3N3O/c14-9-3-1-7(5-10(9)18)12(21)20-8-2-4-11(19-6-8)13(15,16)17/h1-6H,18H2,(H,20,21). The van der Waals surface area contributed by atoms with Crippen LogP contribution in [0.2, 0.25) is 5.02 Å². The Kier molecular flexibility index (Phi) is 4.04. The summed E-state index contributed by atoms with van der Waals surface area (Å²) in [5, 5.41) is 2.72. The topological polar surface area (TPSA) is 68.0 Å². The molecule has 0 atom stereocenters. The van der Waals surface area contributed by atoms with Gasteiger partial charge in [-0.25, -0.2) is 4.98 Å². The third kappa shape index (κ3) is 3.63. The zero-order chi connectivity index (χ0) is 15.6. The molecule has 0 saturated heterocycles. The van der Waals surface area contributed by atoms with E-state index in [2.05, 4.69) is 10.3 Å². The third-order valence-corrected chi connectivity index (χ3v) is 2.91. The summed E-state index contributed by atoms with van der Waals surface area (Å²) in [7, 11) is 0. The Hall–Kier alpha value is -2.28. The number of nitrogens with two attached hydrogens (primary N) is 1. The molecular weight excluding hydrogens is 307 g/mol. The first-order valence-electron chi connectivity index (χ1n) is 5.67. The van der Waals surface area contributed by atoms with E-state index >= 15 is 0 Å². The second kappa shape index (κ2) is 5.61. The Labute approximate surface area is 122 Å². The maximum Gasteiger partial charge on any atom is 0.433 e. The van der Waals surface area contributed by atoms with Gasteiger partial charge in [-0.15, -0.1) is 0 Å². The fraction of sp³-hybridized carbons (Fsp3) is 0.0769. The van der Waals surface area contributed by atoms with Crippen LogP contribution >= 0.6 is 11.6 Å². The fourth-order valence-corrected chi connectivity index (χ4v) is 1.64. The molecule has 0 fully saturated rings. The van der Waals surface area contributed by atoms with Crippen molar-refractivity contribution in [3.63, 3.8) is 0 Å². The van der Waals surface area contributed by atoms with Gasteiger partial charge < -0.3 is 11.1 Å².